The number of carbonyl (C=O) groups is 2. The monoisotopic (exact) mass is 319 g/mol. The van der Waals surface area contributed by atoms with Crippen molar-refractivity contribution in [3.05, 3.63) is 17.0 Å². The molecule has 1 aromatic heterocycles. The number of amides is 1. The minimum atomic E-state index is -0.654. The molecule has 1 aromatic rings. The molecule has 2 rings (SSSR count). The van der Waals surface area contributed by atoms with E-state index in [2.05, 4.69) is 0 Å². The second-order valence-corrected chi connectivity index (χ2v) is 5.71. The predicted molar refractivity (Wildman–Crippen MR) is 82.5 cm³/mol. The molecule has 0 bridgehead atoms. The van der Waals surface area contributed by atoms with Crippen molar-refractivity contribution in [2.75, 3.05) is 20.3 Å². The number of nitrogens with zero attached hydrogens (tertiary/aromatic N) is 3. The van der Waals surface area contributed by atoms with E-state index in [1.165, 1.54) is 7.11 Å². The van der Waals surface area contributed by atoms with Gasteiger partial charge in [0.15, 0.2) is 11.4 Å². The van der Waals surface area contributed by atoms with E-state index >= 15 is 0 Å². The van der Waals surface area contributed by atoms with Gasteiger partial charge in [-0.25, -0.2) is 4.79 Å². The normalized spacial score (nSPS) is 17.0. The van der Waals surface area contributed by atoms with Crippen LogP contribution in [-0.4, -0.2) is 47.6 Å². The Morgan fingerprint density at radius 2 is 2.13 bits per heavy atom. The number of nitriles is 1. The van der Waals surface area contributed by atoms with E-state index in [0.717, 1.165) is 0 Å². The van der Waals surface area contributed by atoms with Gasteiger partial charge < -0.3 is 18.9 Å². The van der Waals surface area contributed by atoms with E-state index in [1.807, 2.05) is 26.8 Å². The van der Waals surface area contributed by atoms with Gasteiger partial charge in [-0.15, -0.1) is 0 Å². The Morgan fingerprint density at radius 3 is 2.61 bits per heavy atom. The van der Waals surface area contributed by atoms with E-state index in [9.17, 15) is 14.9 Å². The number of fused-ring (bicyclic) bond motifs is 1. The number of carbonyl (C=O) groups excluding carboxylic acids is 2. The molecule has 0 aromatic carbocycles. The van der Waals surface area contributed by atoms with Crippen molar-refractivity contribution in [3.8, 4) is 11.8 Å². The average Bonchev–Trinajstić information content (AvgIpc) is 2.85. The van der Waals surface area contributed by atoms with Gasteiger partial charge >= 0.3 is 5.97 Å². The lowest BCUT2D eigenvalue weighted by atomic mass is 10.1. The smallest absolute Gasteiger partial charge is 0.344 e. The van der Waals surface area contributed by atoms with Crippen LogP contribution in [0.25, 0.3) is 0 Å². The first kappa shape index (κ1) is 16.9. The zero-order chi connectivity index (χ0) is 17.3. The highest BCUT2D eigenvalue weighted by Gasteiger charge is 2.40. The summed E-state index contributed by atoms with van der Waals surface area (Å²) < 4.78 is 11.9. The Labute approximate surface area is 135 Å². The third-order valence-corrected chi connectivity index (χ3v) is 3.94. The number of hydrogen-bond donors (Lipinski definition) is 0. The summed E-state index contributed by atoms with van der Waals surface area (Å²) in [5.74, 6) is -0.789. The van der Waals surface area contributed by atoms with Gasteiger partial charge in [0.2, 0.25) is 0 Å². The fourth-order valence-electron chi connectivity index (χ4n) is 2.94. The molecule has 0 aliphatic carbocycles. The zero-order valence-corrected chi connectivity index (χ0v) is 14.0. The van der Waals surface area contributed by atoms with Gasteiger partial charge in [0, 0.05) is 12.6 Å². The van der Waals surface area contributed by atoms with Crippen LogP contribution in [0.5, 0.6) is 5.75 Å². The van der Waals surface area contributed by atoms with Crippen LogP contribution < -0.4 is 4.74 Å². The summed E-state index contributed by atoms with van der Waals surface area (Å²) in [6, 6.07) is 1.89. The van der Waals surface area contributed by atoms with Crippen molar-refractivity contribution in [3.63, 3.8) is 0 Å². The zero-order valence-electron chi connectivity index (χ0n) is 14.0. The highest BCUT2D eigenvalue weighted by Crippen LogP contribution is 2.37. The molecule has 124 valence electrons. The van der Waals surface area contributed by atoms with Crippen molar-refractivity contribution >= 4 is 11.9 Å². The van der Waals surface area contributed by atoms with Gasteiger partial charge in [-0.2, -0.15) is 5.26 Å². The second kappa shape index (κ2) is 6.32. The van der Waals surface area contributed by atoms with E-state index in [0.29, 0.717) is 6.54 Å². The highest BCUT2D eigenvalue weighted by molar-refractivity contribution is 6.04. The largest absolute Gasteiger partial charge is 0.493 e. The third-order valence-electron chi connectivity index (χ3n) is 3.94. The van der Waals surface area contributed by atoms with E-state index in [4.69, 9.17) is 9.47 Å². The van der Waals surface area contributed by atoms with Gasteiger partial charge in [-0.05, 0) is 27.7 Å². The number of aromatic nitrogens is 1. The van der Waals surface area contributed by atoms with Gasteiger partial charge in [0.05, 0.1) is 19.8 Å². The minimum Gasteiger partial charge on any atom is -0.493 e. The van der Waals surface area contributed by atoms with Gasteiger partial charge in [-0.1, -0.05) is 0 Å². The quantitative estimate of drug-likeness (QED) is 0.792. The van der Waals surface area contributed by atoms with Crippen LogP contribution in [0.1, 0.15) is 60.3 Å². The summed E-state index contributed by atoms with van der Waals surface area (Å²) in [6.07, 6.45) is 0. The van der Waals surface area contributed by atoms with Crippen LogP contribution in [0.4, 0.5) is 0 Å². The van der Waals surface area contributed by atoms with Gasteiger partial charge in [0.25, 0.3) is 5.91 Å². The Balaban J connectivity index is 2.74. The van der Waals surface area contributed by atoms with Crippen LogP contribution in [0, 0.1) is 11.3 Å². The topological polar surface area (TPSA) is 84.6 Å². The Kier molecular flexibility index (Phi) is 4.64. The molecule has 1 amide bonds. The standard InChI is InChI=1S/C16H21N3O4/c1-6-23-16(21)12-11(7-17)19-10(4)8-18(9(2)3)15(20)13(19)14(12)22-5/h9-10H,6,8H2,1-5H3. The molecule has 1 unspecified atom stereocenters. The van der Waals surface area contributed by atoms with Crippen LogP contribution in [0.2, 0.25) is 0 Å². The molecule has 7 nitrogen and oxygen atoms in total. The maximum Gasteiger partial charge on any atom is 0.344 e. The molecule has 0 fully saturated rings. The SMILES string of the molecule is CCOC(=O)c1c(OC)c2n(c1C#N)C(C)CN(C(C)C)C2=O. The lowest BCUT2D eigenvalue weighted by Gasteiger charge is -2.35. The van der Waals surface area contributed by atoms with E-state index in [-0.39, 0.29) is 47.3 Å². The van der Waals surface area contributed by atoms with Crippen molar-refractivity contribution in [2.24, 2.45) is 0 Å². The highest BCUT2D eigenvalue weighted by atomic mass is 16.5. The maximum absolute atomic E-state index is 12.8. The van der Waals surface area contributed by atoms with E-state index in [1.54, 1.807) is 16.4 Å². The van der Waals surface area contributed by atoms with Crippen LogP contribution in [0.15, 0.2) is 0 Å². The number of ether oxygens (including phenoxy) is 2. The molecule has 1 aliphatic heterocycles. The molecule has 7 heteroatoms. The summed E-state index contributed by atoms with van der Waals surface area (Å²) in [5, 5.41) is 9.52. The van der Waals surface area contributed by atoms with Crippen LogP contribution in [-0.2, 0) is 4.74 Å². The molecular weight excluding hydrogens is 298 g/mol. The molecule has 0 saturated carbocycles. The number of rotatable bonds is 4. The van der Waals surface area contributed by atoms with Crippen molar-refractivity contribution < 1.29 is 19.1 Å². The predicted octanol–water partition coefficient (Wildman–Crippen LogP) is 1.97. The van der Waals surface area contributed by atoms with Crippen molar-refractivity contribution in [1.82, 2.24) is 9.47 Å². The summed E-state index contributed by atoms with van der Waals surface area (Å²) in [4.78, 5) is 26.8. The first-order chi connectivity index (χ1) is 10.9. The van der Waals surface area contributed by atoms with Crippen molar-refractivity contribution in [1.29, 1.82) is 5.26 Å². The lowest BCUT2D eigenvalue weighted by Crippen LogP contribution is -2.46. The third kappa shape index (κ3) is 2.54. The summed E-state index contributed by atoms with van der Waals surface area (Å²) in [7, 11) is 1.38. The first-order valence-corrected chi connectivity index (χ1v) is 7.59. The molecule has 23 heavy (non-hydrogen) atoms. The number of hydrogen-bond acceptors (Lipinski definition) is 5. The summed E-state index contributed by atoms with van der Waals surface area (Å²) in [6.45, 7) is 8.08. The number of esters is 1. The Morgan fingerprint density at radius 1 is 1.48 bits per heavy atom. The first-order valence-electron chi connectivity index (χ1n) is 7.59. The van der Waals surface area contributed by atoms with Crippen LogP contribution >= 0.6 is 0 Å². The van der Waals surface area contributed by atoms with Gasteiger partial charge in [0.1, 0.15) is 17.3 Å². The molecular formula is C16H21N3O4. The molecule has 0 N–H and O–H groups in total. The summed E-state index contributed by atoms with van der Waals surface area (Å²) in [5.41, 5.74) is 0.372. The Bertz CT molecular complexity index is 684. The van der Waals surface area contributed by atoms with E-state index < -0.39 is 5.97 Å². The van der Waals surface area contributed by atoms with Crippen molar-refractivity contribution in [2.45, 2.75) is 39.8 Å². The van der Waals surface area contributed by atoms with Gasteiger partial charge in [-0.3, -0.25) is 4.79 Å². The second-order valence-electron chi connectivity index (χ2n) is 5.71. The minimum absolute atomic E-state index is 0.00915. The molecule has 1 aliphatic rings. The number of methoxy groups -OCH3 is 1. The molecule has 1 atom stereocenters. The molecule has 0 saturated heterocycles. The Hall–Kier alpha value is -2.49. The molecule has 0 spiro atoms. The lowest BCUT2D eigenvalue weighted by molar-refractivity contribution is 0.0522. The van der Waals surface area contributed by atoms with Crippen LogP contribution in [0.3, 0.4) is 0 Å². The fourth-order valence-corrected chi connectivity index (χ4v) is 2.94. The fraction of sp³-hybridized carbons (Fsp3) is 0.562. The molecule has 2 heterocycles. The maximum atomic E-state index is 12.8. The summed E-state index contributed by atoms with van der Waals surface area (Å²) >= 11 is 0. The molecule has 0 radical (unpaired) electrons. The average molecular weight is 319 g/mol.